The molecule has 12 heteroatoms. The summed E-state index contributed by atoms with van der Waals surface area (Å²) in [6.07, 6.45) is 7.51. The van der Waals surface area contributed by atoms with Gasteiger partial charge >= 0.3 is 5.97 Å². The van der Waals surface area contributed by atoms with Crippen molar-refractivity contribution in [2.24, 2.45) is 0 Å². The molecule has 0 aromatic heterocycles. The van der Waals surface area contributed by atoms with Gasteiger partial charge in [-0.05, 0) is 61.9 Å². The summed E-state index contributed by atoms with van der Waals surface area (Å²) in [5.41, 5.74) is -0.655. The van der Waals surface area contributed by atoms with E-state index in [1.165, 1.54) is 26.4 Å². The molecule has 3 N–H and O–H groups in total. The van der Waals surface area contributed by atoms with Crippen LogP contribution < -0.4 is 19.5 Å². The Morgan fingerprint density at radius 2 is 1.60 bits per heavy atom. The predicted octanol–water partition coefficient (Wildman–Crippen LogP) is 5.16. The number of hydrogen-bond donors (Lipinski definition) is 3. The van der Waals surface area contributed by atoms with Crippen molar-refractivity contribution in [3.05, 3.63) is 47.5 Å². The van der Waals surface area contributed by atoms with E-state index < -0.39 is 23.2 Å². The van der Waals surface area contributed by atoms with Crippen molar-refractivity contribution in [1.29, 1.82) is 0 Å². The van der Waals surface area contributed by atoms with E-state index in [9.17, 15) is 24.6 Å². The number of amides is 2. The van der Waals surface area contributed by atoms with Crippen molar-refractivity contribution in [2.75, 3.05) is 33.9 Å². The van der Waals surface area contributed by atoms with Crippen LogP contribution >= 0.6 is 12.4 Å². The number of aliphatic hydroxyl groups is 1. The number of hydrogen-bond acceptors (Lipinski definition) is 8. The molecule has 2 aliphatic heterocycles. The highest BCUT2D eigenvalue weighted by molar-refractivity contribution is 6.00. The average molecular weight is 674 g/mol. The Bertz CT molecular complexity index is 1380. The highest BCUT2D eigenvalue weighted by atomic mass is 35.5. The Labute approximate surface area is 283 Å². The van der Waals surface area contributed by atoms with Crippen LogP contribution in [0.3, 0.4) is 0 Å². The zero-order valence-corrected chi connectivity index (χ0v) is 28.4. The zero-order valence-electron chi connectivity index (χ0n) is 27.6. The predicted molar refractivity (Wildman–Crippen MR) is 179 cm³/mol. The summed E-state index contributed by atoms with van der Waals surface area (Å²) in [6, 6.07) is 9.72. The number of likely N-dealkylation sites (tertiary alicyclic amines) is 1. The number of nitrogens with zero attached hydrogens (tertiary/aromatic N) is 2. The minimum Gasteiger partial charge on any atom is -0.493 e. The van der Waals surface area contributed by atoms with Gasteiger partial charge in [0, 0.05) is 32.6 Å². The van der Waals surface area contributed by atoms with Gasteiger partial charge < -0.3 is 34.6 Å². The fourth-order valence-corrected chi connectivity index (χ4v) is 7.17. The molecule has 258 valence electrons. The smallest absolute Gasteiger partial charge is 0.335 e. The number of benzene rings is 2. The number of carbonyl (C=O) groups is 3. The Balaban J connectivity index is 0.00000500. The van der Waals surface area contributed by atoms with Crippen LogP contribution in [0, 0.1) is 0 Å². The van der Waals surface area contributed by atoms with Crippen LogP contribution in [-0.4, -0.2) is 88.8 Å². The van der Waals surface area contributed by atoms with Crippen molar-refractivity contribution in [1.82, 2.24) is 15.1 Å². The number of halogens is 1. The average Bonchev–Trinajstić information content (AvgIpc) is 3.05. The van der Waals surface area contributed by atoms with Gasteiger partial charge in [0.2, 0.25) is 17.6 Å². The number of piperazine rings is 1. The summed E-state index contributed by atoms with van der Waals surface area (Å²) in [5.74, 6) is 0.0800. The van der Waals surface area contributed by atoms with Gasteiger partial charge in [-0.2, -0.15) is 0 Å². The maximum atomic E-state index is 13.9. The lowest BCUT2D eigenvalue weighted by Crippen LogP contribution is -2.73. The SMILES string of the molecule is CCCCN1C(=O)[C@@H](CC2(O)CCCCC2)NC(=O)C12CCN(Cc1ccc(Oc3c(OC)cc(C(=O)O)cc3OC)cc1)CC2.Cl. The highest BCUT2D eigenvalue weighted by Crippen LogP contribution is 2.42. The molecular formula is C35H48ClN3O8. The van der Waals surface area contributed by atoms with Gasteiger partial charge in [0.15, 0.2) is 11.5 Å². The fourth-order valence-electron chi connectivity index (χ4n) is 7.17. The summed E-state index contributed by atoms with van der Waals surface area (Å²) in [6.45, 7) is 4.65. The van der Waals surface area contributed by atoms with Crippen LogP contribution in [0.2, 0.25) is 0 Å². The van der Waals surface area contributed by atoms with E-state index in [4.69, 9.17) is 14.2 Å². The van der Waals surface area contributed by atoms with Gasteiger partial charge in [0.05, 0.1) is 25.4 Å². The second-order valence-electron chi connectivity index (χ2n) is 12.9. The molecule has 2 amide bonds. The van der Waals surface area contributed by atoms with Gasteiger partial charge in [0.25, 0.3) is 0 Å². The molecule has 1 saturated carbocycles. The lowest BCUT2D eigenvalue weighted by molar-refractivity contribution is -0.163. The van der Waals surface area contributed by atoms with E-state index in [-0.39, 0.29) is 53.5 Å². The fraction of sp³-hybridized carbons (Fsp3) is 0.571. The molecular weight excluding hydrogens is 626 g/mol. The lowest BCUT2D eigenvalue weighted by atomic mass is 9.77. The standard InChI is InChI=1S/C35H47N3O8.ClH/c1-4-5-17-38-31(39)27(22-34(43)13-7-6-8-14-34)36-33(42)35(38)15-18-37(19-16-35)23-24-9-11-26(12-10-24)46-30-28(44-2)20-25(32(40)41)21-29(30)45-3;/h9-12,20-21,27,43H,4-8,13-19,22-23H2,1-3H3,(H,36,42)(H,40,41);1H/t27-;/m1./s1. The van der Waals surface area contributed by atoms with Crippen molar-refractivity contribution >= 4 is 30.2 Å². The minimum absolute atomic E-state index is 0. The number of rotatable bonds is 12. The second kappa shape index (κ2) is 15.6. The number of carboxylic acid groups (broad SMARTS) is 1. The summed E-state index contributed by atoms with van der Waals surface area (Å²) in [4.78, 5) is 43.3. The molecule has 2 aromatic carbocycles. The van der Waals surface area contributed by atoms with E-state index in [0.29, 0.717) is 57.6 Å². The molecule has 2 heterocycles. The summed E-state index contributed by atoms with van der Waals surface area (Å²) in [7, 11) is 2.88. The molecule has 2 saturated heterocycles. The molecule has 1 spiro atoms. The number of piperidine rings is 1. The summed E-state index contributed by atoms with van der Waals surface area (Å²) >= 11 is 0. The first-order valence-electron chi connectivity index (χ1n) is 16.4. The Morgan fingerprint density at radius 3 is 2.15 bits per heavy atom. The van der Waals surface area contributed by atoms with Gasteiger partial charge in [-0.15, -0.1) is 12.4 Å². The lowest BCUT2D eigenvalue weighted by Gasteiger charge is -2.52. The Morgan fingerprint density at radius 1 is 0.979 bits per heavy atom. The van der Waals surface area contributed by atoms with Gasteiger partial charge in [0.1, 0.15) is 17.3 Å². The highest BCUT2D eigenvalue weighted by Gasteiger charge is 2.54. The third kappa shape index (κ3) is 7.96. The summed E-state index contributed by atoms with van der Waals surface area (Å²) in [5, 5.41) is 23.6. The van der Waals surface area contributed by atoms with Crippen LogP contribution in [-0.2, 0) is 16.1 Å². The number of unbranched alkanes of at least 4 members (excludes halogenated alkanes) is 1. The number of ether oxygens (including phenoxy) is 3. The molecule has 1 aliphatic carbocycles. The molecule has 2 aromatic rings. The number of methoxy groups -OCH3 is 2. The number of carbonyl (C=O) groups excluding carboxylic acids is 2. The third-order valence-corrected chi connectivity index (χ3v) is 9.85. The molecule has 47 heavy (non-hydrogen) atoms. The Kier molecular flexibility index (Phi) is 12.0. The van der Waals surface area contributed by atoms with E-state index in [0.717, 1.165) is 37.7 Å². The van der Waals surface area contributed by atoms with Crippen LogP contribution in [0.5, 0.6) is 23.0 Å². The molecule has 1 atom stereocenters. The van der Waals surface area contributed by atoms with E-state index in [2.05, 4.69) is 17.1 Å². The molecule has 5 rings (SSSR count). The normalized spacial score (nSPS) is 20.7. The zero-order chi connectivity index (χ0) is 32.9. The first kappa shape index (κ1) is 36.3. The second-order valence-corrected chi connectivity index (χ2v) is 12.9. The van der Waals surface area contributed by atoms with Crippen molar-refractivity contribution in [3.63, 3.8) is 0 Å². The van der Waals surface area contributed by atoms with Crippen LogP contribution in [0.4, 0.5) is 0 Å². The molecule has 0 bridgehead atoms. The van der Waals surface area contributed by atoms with Crippen LogP contribution in [0.15, 0.2) is 36.4 Å². The van der Waals surface area contributed by atoms with Gasteiger partial charge in [-0.3, -0.25) is 14.5 Å². The van der Waals surface area contributed by atoms with Crippen molar-refractivity contribution < 1.29 is 38.8 Å². The molecule has 3 aliphatic rings. The maximum absolute atomic E-state index is 13.9. The minimum atomic E-state index is -1.10. The third-order valence-electron chi connectivity index (χ3n) is 9.85. The Hall–Kier alpha value is -3.54. The van der Waals surface area contributed by atoms with Gasteiger partial charge in [-0.25, -0.2) is 4.79 Å². The maximum Gasteiger partial charge on any atom is 0.335 e. The quantitative estimate of drug-likeness (QED) is 0.279. The van der Waals surface area contributed by atoms with E-state index in [1.807, 2.05) is 29.2 Å². The van der Waals surface area contributed by atoms with Crippen molar-refractivity contribution in [2.45, 2.75) is 94.9 Å². The van der Waals surface area contributed by atoms with E-state index >= 15 is 0 Å². The first-order chi connectivity index (χ1) is 22.1. The molecule has 0 radical (unpaired) electrons. The molecule has 11 nitrogen and oxygen atoms in total. The molecule has 3 fully saturated rings. The monoisotopic (exact) mass is 673 g/mol. The molecule has 0 unspecified atom stereocenters. The largest absolute Gasteiger partial charge is 0.493 e. The summed E-state index contributed by atoms with van der Waals surface area (Å²) < 4.78 is 16.8. The first-order valence-corrected chi connectivity index (χ1v) is 16.4. The van der Waals surface area contributed by atoms with E-state index in [1.54, 1.807) is 0 Å². The number of nitrogens with one attached hydrogen (secondary N) is 1. The van der Waals surface area contributed by atoms with Gasteiger partial charge in [-0.1, -0.05) is 44.7 Å². The van der Waals surface area contributed by atoms with Crippen LogP contribution in [0.25, 0.3) is 0 Å². The topological polar surface area (TPSA) is 138 Å². The van der Waals surface area contributed by atoms with Crippen molar-refractivity contribution in [3.8, 4) is 23.0 Å². The van der Waals surface area contributed by atoms with Crippen LogP contribution in [0.1, 0.15) is 87.1 Å². The number of carboxylic acids is 1. The number of aromatic carboxylic acids is 1.